The number of benzene rings is 2. The van der Waals surface area contributed by atoms with Gasteiger partial charge in [0, 0.05) is 16.5 Å². The molecule has 8 heteroatoms. The van der Waals surface area contributed by atoms with Crippen LogP contribution in [0.3, 0.4) is 0 Å². The van der Waals surface area contributed by atoms with E-state index in [2.05, 4.69) is 10.3 Å². The van der Waals surface area contributed by atoms with E-state index in [1.54, 1.807) is 23.6 Å². The fourth-order valence-electron chi connectivity index (χ4n) is 2.37. The van der Waals surface area contributed by atoms with Gasteiger partial charge in [0.25, 0.3) is 5.91 Å². The minimum Gasteiger partial charge on any atom is -0.493 e. The molecule has 0 fully saturated rings. The van der Waals surface area contributed by atoms with Gasteiger partial charge in [0.15, 0.2) is 28.3 Å². The number of hydrogen-bond acceptors (Lipinski definition) is 5. The van der Waals surface area contributed by atoms with Gasteiger partial charge in [0.1, 0.15) is 0 Å². The van der Waals surface area contributed by atoms with Gasteiger partial charge >= 0.3 is 0 Å². The van der Waals surface area contributed by atoms with Crippen molar-refractivity contribution >= 4 is 22.4 Å². The molecule has 0 spiro atoms. The van der Waals surface area contributed by atoms with Crippen LogP contribution in [0, 0.1) is 11.6 Å². The first kappa shape index (κ1) is 18.8. The number of ether oxygens (including phenoxy) is 2. The molecule has 0 aliphatic heterocycles. The molecule has 140 valence electrons. The van der Waals surface area contributed by atoms with E-state index in [9.17, 15) is 13.6 Å². The van der Waals surface area contributed by atoms with E-state index in [-0.39, 0.29) is 5.91 Å². The average Bonchev–Trinajstić information content (AvgIpc) is 3.13. The number of aromatic nitrogens is 1. The molecule has 3 aromatic rings. The monoisotopic (exact) mass is 390 g/mol. The summed E-state index contributed by atoms with van der Waals surface area (Å²) >= 11 is 1.18. The van der Waals surface area contributed by atoms with Gasteiger partial charge in [0.2, 0.25) is 0 Å². The fourth-order valence-corrected chi connectivity index (χ4v) is 3.09. The topological polar surface area (TPSA) is 60.5 Å². The predicted octanol–water partition coefficient (Wildman–Crippen LogP) is 4.75. The average molecular weight is 390 g/mol. The maximum absolute atomic E-state index is 13.4. The first-order chi connectivity index (χ1) is 13.0. The number of amides is 1. The van der Waals surface area contributed by atoms with Crippen molar-refractivity contribution in [1.82, 2.24) is 4.98 Å². The van der Waals surface area contributed by atoms with Crippen LogP contribution < -0.4 is 14.8 Å². The molecule has 0 saturated heterocycles. The third-order valence-electron chi connectivity index (χ3n) is 3.67. The summed E-state index contributed by atoms with van der Waals surface area (Å²) in [6, 6.07) is 8.38. The summed E-state index contributed by atoms with van der Waals surface area (Å²) in [5.41, 5.74) is 1.24. The molecule has 1 heterocycles. The smallest absolute Gasteiger partial charge is 0.257 e. The first-order valence-electron chi connectivity index (χ1n) is 8.05. The fraction of sp³-hybridized carbons (Fsp3) is 0.158. The Labute approximate surface area is 158 Å². The quantitative estimate of drug-likeness (QED) is 0.660. The molecule has 0 aliphatic carbocycles. The molecule has 27 heavy (non-hydrogen) atoms. The Morgan fingerprint density at radius 2 is 1.96 bits per heavy atom. The lowest BCUT2D eigenvalue weighted by molar-refractivity contribution is 0.102. The molecule has 1 amide bonds. The highest BCUT2D eigenvalue weighted by Crippen LogP contribution is 2.29. The number of methoxy groups -OCH3 is 1. The van der Waals surface area contributed by atoms with Crippen LogP contribution in [-0.4, -0.2) is 24.6 Å². The second-order valence-electron chi connectivity index (χ2n) is 5.42. The van der Waals surface area contributed by atoms with Crippen LogP contribution in [0.25, 0.3) is 11.3 Å². The lowest BCUT2D eigenvalue weighted by Crippen LogP contribution is -2.12. The van der Waals surface area contributed by atoms with Gasteiger partial charge < -0.3 is 9.47 Å². The first-order valence-corrected chi connectivity index (χ1v) is 8.93. The highest BCUT2D eigenvalue weighted by Gasteiger charge is 2.14. The van der Waals surface area contributed by atoms with E-state index in [0.717, 1.165) is 12.1 Å². The Morgan fingerprint density at radius 3 is 2.67 bits per heavy atom. The van der Waals surface area contributed by atoms with Crippen molar-refractivity contribution in [2.75, 3.05) is 19.0 Å². The van der Waals surface area contributed by atoms with Crippen molar-refractivity contribution in [3.63, 3.8) is 0 Å². The van der Waals surface area contributed by atoms with Gasteiger partial charge in [-0.1, -0.05) is 0 Å². The minimum atomic E-state index is -0.951. The number of anilines is 1. The van der Waals surface area contributed by atoms with Crippen molar-refractivity contribution in [3.8, 4) is 22.8 Å². The second kappa shape index (κ2) is 8.13. The lowest BCUT2D eigenvalue weighted by atomic mass is 10.2. The molecule has 0 saturated carbocycles. The van der Waals surface area contributed by atoms with Gasteiger partial charge in [-0.05, 0) is 43.3 Å². The zero-order valence-electron chi connectivity index (χ0n) is 14.6. The highest BCUT2D eigenvalue weighted by molar-refractivity contribution is 7.14. The predicted molar refractivity (Wildman–Crippen MR) is 99.6 cm³/mol. The maximum Gasteiger partial charge on any atom is 0.257 e. The third kappa shape index (κ3) is 4.22. The van der Waals surface area contributed by atoms with Crippen LogP contribution in [0.4, 0.5) is 13.9 Å². The zero-order valence-corrected chi connectivity index (χ0v) is 15.4. The van der Waals surface area contributed by atoms with Crippen LogP contribution in [0.15, 0.2) is 41.8 Å². The van der Waals surface area contributed by atoms with E-state index in [1.807, 2.05) is 6.92 Å². The molecular weight excluding hydrogens is 374 g/mol. The van der Waals surface area contributed by atoms with E-state index in [0.29, 0.717) is 40.1 Å². The number of nitrogens with zero attached hydrogens (tertiary/aromatic N) is 1. The van der Waals surface area contributed by atoms with Crippen molar-refractivity contribution in [2.24, 2.45) is 0 Å². The van der Waals surface area contributed by atoms with E-state index < -0.39 is 11.6 Å². The van der Waals surface area contributed by atoms with Crippen LogP contribution in [0.2, 0.25) is 0 Å². The van der Waals surface area contributed by atoms with Crippen molar-refractivity contribution in [3.05, 3.63) is 59.0 Å². The number of halogens is 2. The summed E-state index contributed by atoms with van der Waals surface area (Å²) in [6.45, 7) is 2.33. The Bertz CT molecular complexity index is 975. The molecule has 1 N–H and O–H groups in total. The van der Waals surface area contributed by atoms with Gasteiger partial charge in [-0.2, -0.15) is 0 Å². The number of hydrogen-bond donors (Lipinski definition) is 1. The van der Waals surface area contributed by atoms with Crippen LogP contribution >= 0.6 is 11.3 Å². The number of nitrogens with one attached hydrogen (secondary N) is 1. The molecule has 5 nitrogen and oxygen atoms in total. The summed E-state index contributed by atoms with van der Waals surface area (Å²) in [6.07, 6.45) is 0. The number of carbonyl (C=O) groups is 1. The van der Waals surface area contributed by atoms with Gasteiger partial charge in [-0.25, -0.2) is 13.8 Å². The van der Waals surface area contributed by atoms with Gasteiger partial charge in [-0.15, -0.1) is 11.3 Å². The van der Waals surface area contributed by atoms with Crippen molar-refractivity contribution in [1.29, 1.82) is 0 Å². The summed E-state index contributed by atoms with van der Waals surface area (Å²) in [5, 5.41) is 4.68. The Morgan fingerprint density at radius 1 is 1.15 bits per heavy atom. The summed E-state index contributed by atoms with van der Waals surface area (Å²) in [5.74, 6) is -1.25. The molecule has 2 aromatic carbocycles. The Kier molecular flexibility index (Phi) is 5.66. The molecule has 0 atom stereocenters. The van der Waals surface area contributed by atoms with Crippen LogP contribution in [0.1, 0.15) is 17.3 Å². The molecule has 0 radical (unpaired) electrons. The largest absolute Gasteiger partial charge is 0.493 e. The third-order valence-corrected chi connectivity index (χ3v) is 4.42. The van der Waals surface area contributed by atoms with Crippen LogP contribution in [0.5, 0.6) is 11.5 Å². The zero-order chi connectivity index (χ0) is 19.4. The molecular formula is C19H16F2N2O3S. The molecule has 0 bridgehead atoms. The second-order valence-corrected chi connectivity index (χ2v) is 6.28. The number of rotatable bonds is 6. The number of carbonyl (C=O) groups excluding carboxylic acids is 1. The normalized spacial score (nSPS) is 10.5. The highest BCUT2D eigenvalue weighted by atomic mass is 32.1. The summed E-state index contributed by atoms with van der Waals surface area (Å²) in [7, 11) is 1.49. The lowest BCUT2D eigenvalue weighted by Gasteiger charge is -2.10. The SMILES string of the molecule is CCOc1ccc(C(=O)Nc2nc(-c3ccc(F)c(F)c3)cs2)cc1OC. The Hall–Kier alpha value is -3.00. The van der Waals surface area contributed by atoms with E-state index in [1.165, 1.54) is 24.5 Å². The molecule has 0 unspecified atom stereocenters. The Balaban J connectivity index is 1.77. The minimum absolute atomic E-state index is 0.340. The molecule has 3 rings (SSSR count). The molecule has 0 aliphatic rings. The van der Waals surface area contributed by atoms with Crippen molar-refractivity contribution in [2.45, 2.75) is 6.92 Å². The molecule has 1 aromatic heterocycles. The van der Waals surface area contributed by atoms with E-state index >= 15 is 0 Å². The van der Waals surface area contributed by atoms with Gasteiger partial charge in [-0.3, -0.25) is 10.1 Å². The summed E-state index contributed by atoms with van der Waals surface area (Å²) < 4.78 is 37.1. The maximum atomic E-state index is 13.4. The van der Waals surface area contributed by atoms with E-state index in [4.69, 9.17) is 9.47 Å². The van der Waals surface area contributed by atoms with Crippen LogP contribution in [-0.2, 0) is 0 Å². The summed E-state index contributed by atoms with van der Waals surface area (Å²) in [4.78, 5) is 16.7. The van der Waals surface area contributed by atoms with Crippen molar-refractivity contribution < 1.29 is 23.0 Å². The van der Waals surface area contributed by atoms with Gasteiger partial charge in [0.05, 0.1) is 19.4 Å². The standard InChI is InChI=1S/C19H16F2N2O3S/c1-3-26-16-7-5-12(9-17(16)25-2)18(24)23-19-22-15(10-27-19)11-4-6-13(20)14(21)8-11/h4-10H,3H2,1-2H3,(H,22,23,24). The number of thiazole rings is 1.